The molecule has 2 unspecified atom stereocenters. The molecule has 2 fully saturated rings. The number of likely N-dealkylation sites (tertiary alicyclic amines) is 1. The Balaban J connectivity index is 1.72. The number of rotatable bonds is 18. The lowest BCUT2D eigenvalue weighted by Crippen LogP contribution is -2.62. The number of phenolic OH excluding ortho intramolecular Hbond substituents is 2. The Kier molecular flexibility index (Phi) is 26.6. The summed E-state index contributed by atoms with van der Waals surface area (Å²) < 4.78 is 0. The van der Waals surface area contributed by atoms with Crippen LogP contribution in [-0.2, 0) is 46.4 Å². The minimum Gasteiger partial charge on any atom is -0.508 e. The van der Waals surface area contributed by atoms with E-state index >= 15 is 0 Å². The van der Waals surface area contributed by atoms with Gasteiger partial charge in [-0.25, -0.2) is 0 Å². The first kappa shape index (κ1) is 64.2. The average Bonchev–Trinajstić information content (AvgIpc) is 3.87. The standard InChI is InChI=1S/C50H79N11O14S2/c1-26(2)18-36(58-46(71)37(52-6)22-51-5)50(75)61-17-7-8-39(61)48(73)59-38-25-77-76-24-27(3)54-49(74)42(28(4)62)60-40(65)23-53-43(68)33(19-29-9-13-31(63)14-10-29)55-44(69)34(20-30-11-15-32(64)16-12-30)56-45(70)35(21-41(66)67)57-47(38)72/h9-16,26-28,33-39,42-44,46,51-53,55,58,62-64,68-69,71H,7-8,17-25H2,1-6H3,(H,54,74)(H,56,70)(H,57,72)(H,59,73)(H,60,65)(H,66,67)/t27-,28?,33+,34+,35+,36+,37?,38+,39+,42+,43+,44-,46-/m1/s1. The van der Waals surface area contributed by atoms with Gasteiger partial charge >= 0.3 is 5.97 Å². The first-order valence-electron chi connectivity index (χ1n) is 25.6. The van der Waals surface area contributed by atoms with Gasteiger partial charge in [-0.1, -0.05) is 59.7 Å². The van der Waals surface area contributed by atoms with Crippen molar-refractivity contribution in [1.82, 2.24) is 58.1 Å². The molecular formula is C50H79N11O14S2. The first-order chi connectivity index (χ1) is 36.5. The number of aromatic hydroxyl groups is 2. The molecule has 27 heteroatoms. The van der Waals surface area contributed by atoms with E-state index in [1.807, 2.05) is 13.8 Å². The second-order valence-corrected chi connectivity index (χ2v) is 22.4. The van der Waals surface area contributed by atoms with Gasteiger partial charge in [0.25, 0.3) is 0 Å². The Hall–Kier alpha value is -5.33. The zero-order valence-corrected chi connectivity index (χ0v) is 45.9. The maximum Gasteiger partial charge on any atom is 0.305 e. The molecule has 2 heterocycles. The number of aliphatic carboxylic acids is 1. The maximum absolute atomic E-state index is 14.5. The minimum absolute atomic E-state index is 0.00247. The third kappa shape index (κ3) is 21.1. The molecule has 4 rings (SSSR count). The second-order valence-electron chi connectivity index (χ2n) is 19.8. The summed E-state index contributed by atoms with van der Waals surface area (Å²) in [6, 6.07) is 1.36. The van der Waals surface area contributed by atoms with Crippen LogP contribution < -0.4 is 53.2 Å². The minimum atomic E-state index is -1.81. The van der Waals surface area contributed by atoms with Crippen molar-refractivity contribution in [2.45, 2.75) is 145 Å². The molecule has 17 N–H and O–H groups in total. The summed E-state index contributed by atoms with van der Waals surface area (Å²) in [4.78, 5) is 98.0. The van der Waals surface area contributed by atoms with E-state index in [0.29, 0.717) is 30.5 Å². The van der Waals surface area contributed by atoms with Crippen molar-refractivity contribution < 1.29 is 69.3 Å². The van der Waals surface area contributed by atoms with E-state index in [-0.39, 0.29) is 54.7 Å². The van der Waals surface area contributed by atoms with Crippen LogP contribution in [0.3, 0.4) is 0 Å². The monoisotopic (exact) mass is 1120 g/mol. The highest BCUT2D eigenvalue weighted by Gasteiger charge is 2.41. The number of hydrogen-bond acceptors (Lipinski definition) is 20. The van der Waals surface area contributed by atoms with Crippen LogP contribution in [0.2, 0.25) is 0 Å². The fourth-order valence-electron chi connectivity index (χ4n) is 8.74. The van der Waals surface area contributed by atoms with Crippen molar-refractivity contribution in [3.8, 4) is 11.5 Å². The number of likely N-dealkylation sites (N-methyl/N-ethyl adjacent to an activating group) is 2. The molecule has 2 aromatic carbocycles. The normalized spacial score (nSPS) is 26.5. The van der Waals surface area contributed by atoms with Gasteiger partial charge in [0.2, 0.25) is 35.4 Å². The fourth-order valence-corrected chi connectivity index (χ4v) is 11.2. The van der Waals surface area contributed by atoms with Crippen LogP contribution in [0, 0.1) is 5.92 Å². The van der Waals surface area contributed by atoms with Gasteiger partial charge in [0.05, 0.1) is 43.2 Å². The molecule has 0 saturated carbocycles. The highest BCUT2D eigenvalue weighted by Crippen LogP contribution is 2.25. The number of benzene rings is 2. The van der Waals surface area contributed by atoms with Gasteiger partial charge < -0.3 is 77.9 Å². The van der Waals surface area contributed by atoms with Crippen molar-refractivity contribution in [3.63, 3.8) is 0 Å². The Labute approximate surface area is 456 Å². The van der Waals surface area contributed by atoms with E-state index in [2.05, 4.69) is 53.2 Å². The highest BCUT2D eigenvalue weighted by atomic mass is 33.1. The summed E-state index contributed by atoms with van der Waals surface area (Å²) in [7, 11) is 5.67. The number of carboxylic acid groups (broad SMARTS) is 1. The Morgan fingerprint density at radius 2 is 1.40 bits per heavy atom. The van der Waals surface area contributed by atoms with Crippen molar-refractivity contribution in [3.05, 3.63) is 59.7 Å². The summed E-state index contributed by atoms with van der Waals surface area (Å²) in [6.45, 7) is 6.77. The van der Waals surface area contributed by atoms with Crippen LogP contribution in [0.15, 0.2) is 48.5 Å². The van der Waals surface area contributed by atoms with Gasteiger partial charge in [0.15, 0.2) is 0 Å². The summed E-state index contributed by atoms with van der Waals surface area (Å²) in [5.41, 5.74) is 1.01. The smallest absolute Gasteiger partial charge is 0.305 e. The molecule has 2 saturated heterocycles. The summed E-state index contributed by atoms with van der Waals surface area (Å²) in [5.74, 6) is -6.33. The number of carbonyl (C=O) groups is 7. The molecule has 2 aliphatic heterocycles. The number of nitrogens with zero attached hydrogens (tertiary/aromatic N) is 1. The van der Waals surface area contributed by atoms with Gasteiger partial charge in [0, 0.05) is 30.6 Å². The van der Waals surface area contributed by atoms with E-state index in [4.69, 9.17) is 0 Å². The molecule has 0 aliphatic carbocycles. The second kappa shape index (κ2) is 31.9. The molecule has 0 spiro atoms. The van der Waals surface area contributed by atoms with Crippen molar-refractivity contribution in [2.24, 2.45) is 5.92 Å². The summed E-state index contributed by atoms with van der Waals surface area (Å²) in [6.07, 6.45) is -6.16. The van der Waals surface area contributed by atoms with Crippen molar-refractivity contribution >= 4 is 63.0 Å². The lowest BCUT2D eigenvalue weighted by Gasteiger charge is -2.33. The molecule has 6 amide bonds. The van der Waals surface area contributed by atoms with Gasteiger partial charge in [-0.2, -0.15) is 0 Å². The van der Waals surface area contributed by atoms with E-state index < -0.39 is 134 Å². The molecule has 0 aromatic heterocycles. The van der Waals surface area contributed by atoms with Crippen molar-refractivity contribution in [1.29, 1.82) is 0 Å². The number of aliphatic hydroxyl groups excluding tert-OH is 4. The largest absolute Gasteiger partial charge is 0.508 e. The van der Waals surface area contributed by atoms with Crippen LogP contribution in [0.5, 0.6) is 11.5 Å². The van der Waals surface area contributed by atoms with Crippen LogP contribution in [0.4, 0.5) is 0 Å². The number of nitrogens with one attached hydrogen (secondary N) is 10. The maximum atomic E-state index is 14.5. The predicted octanol–water partition coefficient (Wildman–Crippen LogP) is -3.12. The molecule has 2 aliphatic rings. The van der Waals surface area contributed by atoms with Crippen LogP contribution >= 0.6 is 21.6 Å². The van der Waals surface area contributed by atoms with Crippen LogP contribution in [-0.4, -0.2) is 206 Å². The Bertz CT molecular complexity index is 2240. The van der Waals surface area contributed by atoms with Gasteiger partial charge in [-0.05, 0) is 101 Å². The van der Waals surface area contributed by atoms with Gasteiger partial charge in [0.1, 0.15) is 54.4 Å². The van der Waals surface area contributed by atoms with E-state index in [1.54, 1.807) is 33.2 Å². The third-order valence-electron chi connectivity index (χ3n) is 12.9. The fraction of sp³-hybridized carbons (Fsp3) is 0.620. The number of aliphatic hydroxyl groups is 4. The van der Waals surface area contributed by atoms with E-state index in [9.17, 15) is 69.3 Å². The lowest BCUT2D eigenvalue weighted by molar-refractivity contribution is -0.142. The third-order valence-corrected chi connectivity index (χ3v) is 15.5. The molecule has 0 radical (unpaired) electrons. The topological polar surface area (TPSA) is 385 Å². The van der Waals surface area contributed by atoms with E-state index in [1.165, 1.54) is 59.0 Å². The number of amides is 6. The quantitative estimate of drug-likeness (QED) is 0.0519. The average molecular weight is 1120 g/mol. The number of hydrogen-bond donors (Lipinski definition) is 17. The highest BCUT2D eigenvalue weighted by molar-refractivity contribution is 8.76. The molecule has 2 aromatic rings. The SMILES string of the molecule is CNCC(NC)[C@@H](O)N[C@@H](CC(C)C)C(=O)N1CCC[C@H]1C(=O)N[C@H]1CSSC[C@@H](C)NC(=O)[C@H](C(C)O)NC(=O)CN[C@@H](O)[C@H](Cc2ccc(O)cc2)N[C@H](O)[C@H](Cc2ccc(O)cc2)NC(=O)[C@H](CC(=O)O)NC1=O. The lowest BCUT2D eigenvalue weighted by atomic mass is 10.0. The van der Waals surface area contributed by atoms with Gasteiger partial charge in [-0.15, -0.1) is 0 Å². The molecule has 25 nitrogen and oxygen atoms in total. The van der Waals surface area contributed by atoms with Gasteiger partial charge in [-0.3, -0.25) is 49.5 Å². The molecule has 430 valence electrons. The molecule has 13 atom stereocenters. The summed E-state index contributed by atoms with van der Waals surface area (Å²) >= 11 is 0. The summed E-state index contributed by atoms with van der Waals surface area (Å²) in [5, 5.41) is 103. The van der Waals surface area contributed by atoms with E-state index in [0.717, 1.165) is 10.8 Å². The molecular weight excluding hydrogens is 1040 g/mol. The first-order valence-corrected chi connectivity index (χ1v) is 28.1. The van der Waals surface area contributed by atoms with Crippen LogP contribution in [0.1, 0.15) is 64.5 Å². The molecule has 77 heavy (non-hydrogen) atoms. The molecule has 0 bridgehead atoms. The Morgan fingerprint density at radius 3 is 1.97 bits per heavy atom. The number of phenols is 2. The predicted molar refractivity (Wildman–Crippen MR) is 289 cm³/mol. The number of carbonyl (C=O) groups excluding carboxylic acids is 6. The zero-order valence-electron chi connectivity index (χ0n) is 44.2. The Morgan fingerprint density at radius 1 is 0.792 bits per heavy atom. The number of carboxylic acids is 1. The van der Waals surface area contributed by atoms with Crippen molar-refractivity contribution in [2.75, 3.05) is 45.2 Å². The zero-order chi connectivity index (χ0) is 56.9. The van der Waals surface area contributed by atoms with Crippen LogP contribution in [0.25, 0.3) is 0 Å².